The lowest BCUT2D eigenvalue weighted by atomic mass is 9.47. The highest BCUT2D eigenvalue weighted by atomic mass is 35.5. The zero-order valence-corrected chi connectivity index (χ0v) is 16.4. The van der Waals surface area contributed by atoms with Crippen LogP contribution in [0.4, 0.5) is 0 Å². The van der Waals surface area contributed by atoms with E-state index in [9.17, 15) is 9.59 Å². The molecule has 5 rings (SSSR count). The average molecular weight is 392 g/mol. The molecule has 2 unspecified atom stereocenters. The summed E-state index contributed by atoms with van der Waals surface area (Å²) in [6.07, 6.45) is 5.65. The van der Waals surface area contributed by atoms with Crippen molar-refractivity contribution in [3.8, 4) is 5.75 Å². The predicted octanol–water partition coefficient (Wildman–Crippen LogP) is 3.74. The van der Waals surface area contributed by atoms with Crippen LogP contribution in [0.5, 0.6) is 5.75 Å². The molecule has 6 heteroatoms. The Kier molecular flexibility index (Phi) is 4.83. The molecular formula is C21H26ClNO4. The van der Waals surface area contributed by atoms with Gasteiger partial charge in [0.2, 0.25) is 5.91 Å². The van der Waals surface area contributed by atoms with Gasteiger partial charge in [-0.3, -0.25) is 9.59 Å². The maximum absolute atomic E-state index is 13.0. The SMILES string of the molecule is CC(=O)NC12C[C@H]3C[C@@H](C1)CC(C(=O)OCCOc1cccc(Cl)c1)(C3)C2. The molecule has 1 aromatic rings. The lowest BCUT2D eigenvalue weighted by Crippen LogP contribution is -2.64. The highest BCUT2D eigenvalue weighted by Gasteiger charge is 2.61. The number of esters is 1. The van der Waals surface area contributed by atoms with E-state index >= 15 is 0 Å². The maximum Gasteiger partial charge on any atom is 0.312 e. The van der Waals surface area contributed by atoms with Crippen molar-refractivity contribution in [2.24, 2.45) is 17.3 Å². The molecule has 1 aromatic carbocycles. The van der Waals surface area contributed by atoms with Crippen molar-refractivity contribution < 1.29 is 19.1 Å². The predicted molar refractivity (Wildman–Crippen MR) is 102 cm³/mol. The summed E-state index contributed by atoms with van der Waals surface area (Å²) in [5.74, 6) is 1.55. The minimum atomic E-state index is -0.442. The lowest BCUT2D eigenvalue weighted by molar-refractivity contribution is -0.176. The third-order valence-electron chi connectivity index (χ3n) is 6.32. The Morgan fingerprint density at radius 2 is 1.93 bits per heavy atom. The van der Waals surface area contributed by atoms with Gasteiger partial charge in [0.1, 0.15) is 19.0 Å². The zero-order valence-electron chi connectivity index (χ0n) is 15.6. The molecule has 4 atom stereocenters. The molecule has 0 aliphatic heterocycles. The van der Waals surface area contributed by atoms with Gasteiger partial charge >= 0.3 is 5.97 Å². The molecular weight excluding hydrogens is 366 g/mol. The molecule has 0 radical (unpaired) electrons. The summed E-state index contributed by atoms with van der Waals surface area (Å²) < 4.78 is 11.2. The fourth-order valence-corrected chi connectivity index (χ4v) is 6.21. The normalized spacial score (nSPS) is 33.6. The summed E-state index contributed by atoms with van der Waals surface area (Å²) in [5.41, 5.74) is -0.658. The van der Waals surface area contributed by atoms with Crippen LogP contribution in [-0.2, 0) is 14.3 Å². The van der Waals surface area contributed by atoms with Crippen LogP contribution in [0.3, 0.4) is 0 Å². The summed E-state index contributed by atoms with van der Waals surface area (Å²) in [5, 5.41) is 3.79. The van der Waals surface area contributed by atoms with Gasteiger partial charge in [-0.1, -0.05) is 17.7 Å². The van der Waals surface area contributed by atoms with Gasteiger partial charge in [-0.2, -0.15) is 0 Å². The van der Waals surface area contributed by atoms with Crippen LogP contribution < -0.4 is 10.1 Å². The molecule has 5 nitrogen and oxygen atoms in total. The van der Waals surface area contributed by atoms with E-state index in [-0.39, 0.29) is 24.0 Å². The van der Waals surface area contributed by atoms with Crippen LogP contribution >= 0.6 is 11.6 Å². The number of benzene rings is 1. The van der Waals surface area contributed by atoms with E-state index in [4.69, 9.17) is 21.1 Å². The number of ether oxygens (including phenoxy) is 2. The van der Waals surface area contributed by atoms with Crippen molar-refractivity contribution in [1.82, 2.24) is 5.32 Å². The molecule has 0 aromatic heterocycles. The third kappa shape index (κ3) is 3.79. The van der Waals surface area contributed by atoms with Gasteiger partial charge in [-0.05, 0) is 68.6 Å². The highest BCUT2D eigenvalue weighted by molar-refractivity contribution is 6.30. The van der Waals surface area contributed by atoms with Crippen LogP contribution in [0.2, 0.25) is 5.02 Å². The second kappa shape index (κ2) is 7.01. The first-order valence-electron chi connectivity index (χ1n) is 9.73. The molecule has 4 saturated carbocycles. The highest BCUT2D eigenvalue weighted by Crippen LogP contribution is 2.62. The molecule has 146 valence electrons. The van der Waals surface area contributed by atoms with Crippen molar-refractivity contribution in [1.29, 1.82) is 0 Å². The Bertz CT molecular complexity index is 735. The van der Waals surface area contributed by atoms with Crippen LogP contribution in [0.25, 0.3) is 0 Å². The van der Waals surface area contributed by atoms with E-state index in [1.807, 2.05) is 12.1 Å². The van der Waals surface area contributed by atoms with Crippen molar-refractivity contribution >= 4 is 23.5 Å². The second-order valence-corrected chi connectivity index (χ2v) is 9.08. The molecule has 27 heavy (non-hydrogen) atoms. The number of halogens is 1. The lowest BCUT2D eigenvalue weighted by Gasteiger charge is -2.60. The largest absolute Gasteiger partial charge is 0.490 e. The first-order chi connectivity index (χ1) is 12.9. The number of carbonyl (C=O) groups excluding carboxylic acids is 2. The van der Waals surface area contributed by atoms with E-state index in [1.54, 1.807) is 19.1 Å². The molecule has 4 aliphatic carbocycles. The third-order valence-corrected chi connectivity index (χ3v) is 6.55. The van der Waals surface area contributed by atoms with Crippen molar-refractivity contribution in [3.63, 3.8) is 0 Å². The molecule has 4 fully saturated rings. The number of hydrogen-bond donors (Lipinski definition) is 1. The minimum absolute atomic E-state index is 0.00427. The molecule has 4 aliphatic rings. The summed E-state index contributed by atoms with van der Waals surface area (Å²) in [6, 6.07) is 7.16. The Balaban J connectivity index is 1.36. The summed E-state index contributed by atoms with van der Waals surface area (Å²) in [6.45, 7) is 2.08. The second-order valence-electron chi connectivity index (χ2n) is 8.64. The maximum atomic E-state index is 13.0. The van der Waals surface area contributed by atoms with Gasteiger partial charge in [0.05, 0.1) is 5.41 Å². The van der Waals surface area contributed by atoms with Gasteiger partial charge in [0, 0.05) is 17.5 Å². The number of amides is 1. The van der Waals surface area contributed by atoms with Crippen molar-refractivity contribution in [2.45, 2.75) is 51.0 Å². The monoisotopic (exact) mass is 391 g/mol. The Morgan fingerprint density at radius 3 is 2.59 bits per heavy atom. The molecule has 1 N–H and O–H groups in total. The zero-order chi connectivity index (χ0) is 19.1. The summed E-state index contributed by atoms with van der Waals surface area (Å²) in [4.78, 5) is 24.7. The number of hydrogen-bond acceptors (Lipinski definition) is 4. The fraction of sp³-hybridized carbons (Fsp3) is 0.619. The Labute approximate surface area is 164 Å². The number of rotatable bonds is 6. The quantitative estimate of drug-likeness (QED) is 0.592. The van der Waals surface area contributed by atoms with E-state index in [0.717, 1.165) is 25.7 Å². The Morgan fingerprint density at radius 1 is 1.19 bits per heavy atom. The topological polar surface area (TPSA) is 64.6 Å². The van der Waals surface area contributed by atoms with Gasteiger partial charge in [0.15, 0.2) is 0 Å². The Hall–Kier alpha value is -1.75. The van der Waals surface area contributed by atoms with Crippen LogP contribution in [0, 0.1) is 17.3 Å². The first kappa shape index (κ1) is 18.6. The van der Waals surface area contributed by atoms with E-state index in [2.05, 4.69) is 5.32 Å². The van der Waals surface area contributed by atoms with E-state index < -0.39 is 5.41 Å². The smallest absolute Gasteiger partial charge is 0.312 e. The molecule has 0 saturated heterocycles. The van der Waals surface area contributed by atoms with Gasteiger partial charge in [-0.25, -0.2) is 0 Å². The minimum Gasteiger partial charge on any atom is -0.490 e. The fourth-order valence-electron chi connectivity index (χ4n) is 6.02. The first-order valence-corrected chi connectivity index (χ1v) is 10.1. The van der Waals surface area contributed by atoms with Crippen LogP contribution in [0.15, 0.2) is 24.3 Å². The molecule has 4 bridgehead atoms. The summed E-state index contributed by atoms with van der Waals surface area (Å²) in [7, 11) is 0. The van der Waals surface area contributed by atoms with Crippen molar-refractivity contribution in [3.05, 3.63) is 29.3 Å². The number of nitrogens with one attached hydrogen (secondary N) is 1. The standard InChI is InChI=1S/C21H26ClNO4/c1-14(24)23-21-11-15-7-16(12-21)10-20(9-15,13-21)19(25)27-6-5-26-18-4-2-3-17(22)8-18/h2-4,8,15-16H,5-7,9-13H2,1H3,(H,23,24)/t15-,16+,20?,21?. The van der Waals surface area contributed by atoms with Gasteiger partial charge in [-0.15, -0.1) is 0 Å². The molecule has 0 spiro atoms. The van der Waals surface area contributed by atoms with Gasteiger partial charge in [0.25, 0.3) is 0 Å². The van der Waals surface area contributed by atoms with Crippen molar-refractivity contribution in [2.75, 3.05) is 13.2 Å². The molecule has 1 amide bonds. The van der Waals surface area contributed by atoms with E-state index in [1.165, 1.54) is 6.42 Å². The average Bonchev–Trinajstić information content (AvgIpc) is 2.56. The summed E-state index contributed by atoms with van der Waals surface area (Å²) >= 11 is 5.94. The van der Waals surface area contributed by atoms with Gasteiger partial charge < -0.3 is 14.8 Å². The van der Waals surface area contributed by atoms with Crippen LogP contribution in [-0.4, -0.2) is 30.6 Å². The number of carbonyl (C=O) groups is 2. The van der Waals surface area contributed by atoms with E-state index in [0.29, 0.717) is 35.6 Å². The molecule has 0 heterocycles. The van der Waals surface area contributed by atoms with Crippen LogP contribution in [0.1, 0.15) is 45.4 Å².